The van der Waals surface area contributed by atoms with Crippen molar-refractivity contribution in [3.8, 4) is 11.3 Å². The van der Waals surface area contributed by atoms with E-state index >= 15 is 0 Å². The second-order valence-corrected chi connectivity index (χ2v) is 9.27. The zero-order valence-electron chi connectivity index (χ0n) is 19.7. The van der Waals surface area contributed by atoms with Gasteiger partial charge in [-0.05, 0) is 69.8 Å². The fourth-order valence-corrected chi connectivity index (χ4v) is 5.09. The van der Waals surface area contributed by atoms with Crippen molar-refractivity contribution in [1.29, 1.82) is 0 Å². The number of pyridine rings is 2. The van der Waals surface area contributed by atoms with Crippen molar-refractivity contribution in [3.05, 3.63) is 48.4 Å². The monoisotopic (exact) mass is 449 g/mol. The summed E-state index contributed by atoms with van der Waals surface area (Å²) in [6, 6.07) is 9.00. The lowest BCUT2D eigenvalue weighted by atomic mass is 9.83. The molecule has 2 amide bonds. The lowest BCUT2D eigenvalue weighted by Crippen LogP contribution is -2.55. The molecule has 0 spiro atoms. The molecule has 3 atom stereocenters. The van der Waals surface area contributed by atoms with E-state index in [2.05, 4.69) is 15.6 Å². The second-order valence-electron chi connectivity index (χ2n) is 9.27. The van der Waals surface area contributed by atoms with E-state index in [1.165, 1.54) is 6.42 Å². The van der Waals surface area contributed by atoms with Crippen LogP contribution in [-0.4, -0.2) is 52.4 Å². The maximum absolute atomic E-state index is 13.9. The maximum atomic E-state index is 13.9. The Bertz CT molecular complexity index is 945. The Hall–Kier alpha value is -2.80. The summed E-state index contributed by atoms with van der Waals surface area (Å²) in [5, 5.41) is 6.09. The van der Waals surface area contributed by atoms with Crippen molar-refractivity contribution in [2.45, 2.75) is 70.0 Å². The quantitative estimate of drug-likeness (QED) is 0.676. The highest BCUT2D eigenvalue weighted by Crippen LogP contribution is 2.35. The standard InChI is InChI=1S/C26H35N5O2/c1-18(27-2)25(32)30-24(19-9-4-3-5-10-19)26(33)31-16-8-14-23(31)22-13-6-12-21(29-22)20-11-7-15-28-17-20/h6-7,11-13,15,17-19,23-24,27H,3-5,8-10,14,16H2,1-2H3,(H,30,32)/t18-,23-,24-/m0/s1. The van der Waals surface area contributed by atoms with Gasteiger partial charge in [-0.25, -0.2) is 0 Å². The second kappa shape index (κ2) is 10.9. The van der Waals surface area contributed by atoms with Gasteiger partial charge in [0.2, 0.25) is 11.8 Å². The number of rotatable bonds is 7. The molecule has 33 heavy (non-hydrogen) atoms. The van der Waals surface area contributed by atoms with Crippen molar-refractivity contribution in [2.24, 2.45) is 5.92 Å². The first kappa shape index (κ1) is 23.4. The third-order valence-corrected chi connectivity index (χ3v) is 7.12. The summed E-state index contributed by atoms with van der Waals surface area (Å²) < 4.78 is 0. The van der Waals surface area contributed by atoms with E-state index in [1.54, 1.807) is 19.4 Å². The summed E-state index contributed by atoms with van der Waals surface area (Å²) in [6.07, 6.45) is 10.8. The van der Waals surface area contributed by atoms with Crippen LogP contribution in [0.15, 0.2) is 42.7 Å². The van der Waals surface area contributed by atoms with Crippen molar-refractivity contribution >= 4 is 11.8 Å². The molecule has 2 aromatic rings. The Kier molecular flexibility index (Phi) is 7.70. The number of nitrogens with zero attached hydrogens (tertiary/aromatic N) is 3. The first-order valence-electron chi connectivity index (χ1n) is 12.2. The Labute approximate surface area is 196 Å². The van der Waals surface area contributed by atoms with Gasteiger partial charge in [0.15, 0.2) is 0 Å². The molecule has 176 valence electrons. The maximum Gasteiger partial charge on any atom is 0.246 e. The van der Waals surface area contributed by atoms with E-state index in [0.29, 0.717) is 6.54 Å². The third kappa shape index (κ3) is 5.41. The fraction of sp³-hybridized carbons (Fsp3) is 0.538. The summed E-state index contributed by atoms with van der Waals surface area (Å²) >= 11 is 0. The highest BCUT2D eigenvalue weighted by Gasteiger charge is 2.39. The van der Waals surface area contributed by atoms with Crippen molar-refractivity contribution < 1.29 is 9.59 Å². The van der Waals surface area contributed by atoms with Gasteiger partial charge in [-0.3, -0.25) is 19.6 Å². The molecule has 2 fully saturated rings. The average Bonchev–Trinajstić information content (AvgIpc) is 3.37. The van der Waals surface area contributed by atoms with E-state index in [4.69, 9.17) is 4.98 Å². The molecular weight excluding hydrogens is 414 g/mol. The number of carbonyl (C=O) groups is 2. The van der Waals surface area contributed by atoms with Crippen molar-refractivity contribution in [1.82, 2.24) is 25.5 Å². The van der Waals surface area contributed by atoms with Crippen molar-refractivity contribution in [3.63, 3.8) is 0 Å². The highest BCUT2D eigenvalue weighted by molar-refractivity contribution is 5.90. The first-order valence-corrected chi connectivity index (χ1v) is 12.2. The number of nitrogens with one attached hydrogen (secondary N) is 2. The first-order chi connectivity index (χ1) is 16.1. The molecule has 7 nitrogen and oxygen atoms in total. The van der Waals surface area contributed by atoms with Crippen LogP contribution in [0.1, 0.15) is 63.6 Å². The van der Waals surface area contributed by atoms with Crippen LogP contribution in [-0.2, 0) is 9.59 Å². The van der Waals surface area contributed by atoms with Gasteiger partial charge in [0.1, 0.15) is 6.04 Å². The smallest absolute Gasteiger partial charge is 0.246 e. The van der Waals surface area contributed by atoms with Gasteiger partial charge in [0, 0.05) is 24.5 Å². The number of aromatic nitrogens is 2. The number of likely N-dealkylation sites (tertiary alicyclic amines) is 1. The zero-order valence-corrected chi connectivity index (χ0v) is 19.7. The van der Waals surface area contributed by atoms with E-state index in [-0.39, 0.29) is 29.8 Å². The number of hydrogen-bond donors (Lipinski definition) is 2. The van der Waals surface area contributed by atoms with Gasteiger partial charge in [0.25, 0.3) is 0 Å². The molecular formula is C26H35N5O2. The van der Waals surface area contributed by atoms with Crippen LogP contribution in [0.5, 0.6) is 0 Å². The Morgan fingerprint density at radius 1 is 1.06 bits per heavy atom. The molecule has 0 aromatic carbocycles. The Balaban J connectivity index is 1.57. The summed E-state index contributed by atoms with van der Waals surface area (Å²) in [5.74, 6) is 0.110. The lowest BCUT2D eigenvalue weighted by Gasteiger charge is -2.35. The largest absolute Gasteiger partial charge is 0.343 e. The molecule has 1 aliphatic heterocycles. The zero-order chi connectivity index (χ0) is 23.2. The molecule has 0 bridgehead atoms. The van der Waals surface area contributed by atoms with E-state index < -0.39 is 6.04 Å². The van der Waals surface area contributed by atoms with Gasteiger partial charge in [-0.2, -0.15) is 0 Å². The van der Waals surface area contributed by atoms with Gasteiger partial charge in [0.05, 0.1) is 23.5 Å². The van der Waals surface area contributed by atoms with Crippen LogP contribution >= 0.6 is 0 Å². The average molecular weight is 450 g/mol. The van der Waals surface area contributed by atoms with Crippen LogP contribution in [0.3, 0.4) is 0 Å². The fourth-order valence-electron chi connectivity index (χ4n) is 5.09. The minimum atomic E-state index is -0.476. The molecule has 3 heterocycles. The van der Waals surface area contributed by atoms with E-state index in [0.717, 1.165) is 55.5 Å². The summed E-state index contributed by atoms with van der Waals surface area (Å²) in [6.45, 7) is 2.52. The normalized spacial score (nSPS) is 20.9. The van der Waals surface area contributed by atoms with Crippen LogP contribution in [0, 0.1) is 5.92 Å². The van der Waals surface area contributed by atoms with Gasteiger partial charge < -0.3 is 15.5 Å². The number of carbonyl (C=O) groups excluding carboxylic acids is 2. The van der Waals surface area contributed by atoms with Gasteiger partial charge in [-0.15, -0.1) is 0 Å². The summed E-state index contributed by atoms with van der Waals surface area (Å²) in [5.41, 5.74) is 2.73. The molecule has 2 N–H and O–H groups in total. The van der Waals surface area contributed by atoms with Gasteiger partial charge >= 0.3 is 0 Å². The molecule has 1 saturated carbocycles. The van der Waals surface area contributed by atoms with Crippen LogP contribution in [0.4, 0.5) is 0 Å². The minimum Gasteiger partial charge on any atom is -0.343 e. The molecule has 0 radical (unpaired) electrons. The predicted octanol–water partition coefficient (Wildman–Crippen LogP) is 3.48. The lowest BCUT2D eigenvalue weighted by molar-refractivity contribution is -0.139. The van der Waals surface area contributed by atoms with Crippen molar-refractivity contribution in [2.75, 3.05) is 13.6 Å². The van der Waals surface area contributed by atoms with E-state index in [1.807, 2.05) is 42.2 Å². The highest BCUT2D eigenvalue weighted by atomic mass is 16.2. The summed E-state index contributed by atoms with van der Waals surface area (Å²) in [4.78, 5) is 37.7. The number of likely N-dealkylation sites (N-methyl/N-ethyl adjacent to an activating group) is 1. The minimum absolute atomic E-state index is 0.0367. The third-order valence-electron chi connectivity index (χ3n) is 7.12. The Morgan fingerprint density at radius 3 is 2.61 bits per heavy atom. The molecule has 2 aliphatic rings. The van der Waals surface area contributed by atoms with E-state index in [9.17, 15) is 9.59 Å². The molecule has 2 aromatic heterocycles. The van der Waals surface area contributed by atoms with Crippen LogP contribution < -0.4 is 10.6 Å². The number of hydrogen-bond acceptors (Lipinski definition) is 5. The Morgan fingerprint density at radius 2 is 1.88 bits per heavy atom. The SMILES string of the molecule is CN[C@@H](C)C(=O)N[C@H](C(=O)N1CCC[C@H]1c1cccc(-c2cccnc2)n1)C1CCCCC1. The molecule has 4 rings (SSSR count). The molecule has 7 heteroatoms. The molecule has 0 unspecified atom stereocenters. The molecule has 1 aliphatic carbocycles. The van der Waals surface area contributed by atoms with Crippen LogP contribution in [0.2, 0.25) is 0 Å². The van der Waals surface area contributed by atoms with Gasteiger partial charge in [-0.1, -0.05) is 25.3 Å². The topological polar surface area (TPSA) is 87.2 Å². The molecule has 1 saturated heterocycles. The predicted molar refractivity (Wildman–Crippen MR) is 128 cm³/mol. The summed E-state index contributed by atoms with van der Waals surface area (Å²) in [7, 11) is 1.76. The van der Waals surface area contributed by atoms with Crippen LogP contribution in [0.25, 0.3) is 11.3 Å². The number of amides is 2.